The van der Waals surface area contributed by atoms with Crippen LogP contribution in [0.5, 0.6) is 11.5 Å². The highest BCUT2D eigenvalue weighted by atomic mass is 16.6. The molecule has 1 unspecified atom stereocenters. The average molecular weight is 339 g/mol. The highest BCUT2D eigenvalue weighted by molar-refractivity contribution is 5.77. The first-order valence-corrected chi connectivity index (χ1v) is 8.23. The van der Waals surface area contributed by atoms with Gasteiger partial charge in [0.05, 0.1) is 6.04 Å². The summed E-state index contributed by atoms with van der Waals surface area (Å²) in [6.07, 6.45) is 3.25. The maximum absolute atomic E-state index is 12.7. The monoisotopic (exact) mass is 339 g/mol. The Morgan fingerprint density at radius 1 is 1.32 bits per heavy atom. The van der Waals surface area contributed by atoms with Crippen LogP contribution in [0, 0.1) is 11.3 Å². The third-order valence-corrected chi connectivity index (χ3v) is 4.55. The first-order valence-electron chi connectivity index (χ1n) is 8.23. The van der Waals surface area contributed by atoms with Gasteiger partial charge in [0.15, 0.2) is 11.5 Å². The number of hydrogen-bond acceptors (Lipinski definition) is 6. The van der Waals surface area contributed by atoms with Crippen LogP contribution in [0.25, 0.3) is 0 Å². The van der Waals surface area contributed by atoms with Crippen molar-refractivity contribution in [3.63, 3.8) is 0 Å². The molecule has 4 rings (SSSR count). The van der Waals surface area contributed by atoms with Crippen LogP contribution < -0.4 is 9.47 Å². The summed E-state index contributed by atoms with van der Waals surface area (Å²) in [7, 11) is 0. The van der Waals surface area contributed by atoms with E-state index in [0.29, 0.717) is 19.8 Å². The van der Waals surface area contributed by atoms with E-state index in [1.165, 1.54) is 10.9 Å². The predicted molar refractivity (Wildman–Crippen MR) is 85.9 cm³/mol. The minimum atomic E-state index is -0.0475. The van der Waals surface area contributed by atoms with E-state index < -0.39 is 0 Å². The van der Waals surface area contributed by atoms with E-state index in [0.717, 1.165) is 29.9 Å². The van der Waals surface area contributed by atoms with Crippen LogP contribution in [-0.2, 0) is 11.3 Å². The summed E-state index contributed by atoms with van der Waals surface area (Å²) in [5.41, 5.74) is 1.04. The molecule has 1 aromatic heterocycles. The molecule has 2 aliphatic heterocycles. The second-order valence-corrected chi connectivity index (χ2v) is 6.04. The number of nitriles is 1. The Bertz CT molecular complexity index is 841. The minimum Gasteiger partial charge on any atom is -0.486 e. The summed E-state index contributed by atoms with van der Waals surface area (Å²) in [5, 5.41) is 16.4. The number of carbonyl (C=O) groups excluding carboxylic acids is 1. The standard InChI is InChI=1S/C17H17N5O3/c18-9-16-20-19-11-21(16)10-17(23)22-5-1-2-13(22)12-3-4-14-15(8-12)25-7-6-24-14/h3-4,8,11,13H,1-2,5-7,10H2. The fourth-order valence-corrected chi connectivity index (χ4v) is 3.37. The number of hydrogen-bond donors (Lipinski definition) is 0. The summed E-state index contributed by atoms with van der Waals surface area (Å²) < 4.78 is 12.7. The highest BCUT2D eigenvalue weighted by Gasteiger charge is 2.31. The van der Waals surface area contributed by atoms with Crippen molar-refractivity contribution in [2.24, 2.45) is 0 Å². The largest absolute Gasteiger partial charge is 0.486 e. The molecule has 3 heterocycles. The summed E-state index contributed by atoms with van der Waals surface area (Å²) in [5.74, 6) is 1.57. The summed E-state index contributed by atoms with van der Waals surface area (Å²) >= 11 is 0. The van der Waals surface area contributed by atoms with E-state index >= 15 is 0 Å². The average Bonchev–Trinajstić information content (AvgIpc) is 3.30. The van der Waals surface area contributed by atoms with Crippen molar-refractivity contribution in [2.45, 2.75) is 25.4 Å². The molecule has 1 amide bonds. The zero-order valence-corrected chi connectivity index (χ0v) is 13.6. The van der Waals surface area contributed by atoms with Crippen LogP contribution in [0.1, 0.15) is 30.3 Å². The summed E-state index contributed by atoms with van der Waals surface area (Å²) in [4.78, 5) is 14.6. The fraction of sp³-hybridized carbons (Fsp3) is 0.412. The number of nitrogens with zero attached hydrogens (tertiary/aromatic N) is 5. The molecule has 8 heteroatoms. The second-order valence-electron chi connectivity index (χ2n) is 6.04. The maximum atomic E-state index is 12.7. The molecule has 1 saturated heterocycles. The van der Waals surface area contributed by atoms with E-state index in [-0.39, 0.29) is 24.3 Å². The van der Waals surface area contributed by atoms with Crippen molar-refractivity contribution in [1.82, 2.24) is 19.7 Å². The maximum Gasteiger partial charge on any atom is 0.243 e. The van der Waals surface area contributed by atoms with Crippen molar-refractivity contribution >= 4 is 5.91 Å². The third-order valence-electron chi connectivity index (χ3n) is 4.55. The van der Waals surface area contributed by atoms with E-state index in [1.54, 1.807) is 0 Å². The summed E-state index contributed by atoms with van der Waals surface area (Å²) in [6, 6.07) is 7.79. The van der Waals surface area contributed by atoms with Crippen molar-refractivity contribution in [3.8, 4) is 17.6 Å². The number of amides is 1. The molecule has 128 valence electrons. The molecule has 0 aliphatic carbocycles. The molecular formula is C17H17N5O3. The minimum absolute atomic E-state index is 0.00495. The number of rotatable bonds is 3. The molecule has 0 saturated carbocycles. The van der Waals surface area contributed by atoms with Gasteiger partial charge in [0.25, 0.3) is 0 Å². The Hall–Kier alpha value is -3.08. The third kappa shape index (κ3) is 2.89. The predicted octanol–water partition coefficient (Wildman–Crippen LogP) is 1.28. The molecule has 2 aliphatic rings. The molecule has 0 N–H and O–H groups in total. The normalized spacial score (nSPS) is 18.8. The van der Waals surface area contributed by atoms with Crippen LogP contribution in [0.15, 0.2) is 24.5 Å². The first-order chi connectivity index (χ1) is 12.3. The Morgan fingerprint density at radius 2 is 2.16 bits per heavy atom. The quantitative estimate of drug-likeness (QED) is 0.836. The molecule has 1 fully saturated rings. The number of likely N-dealkylation sites (tertiary alicyclic amines) is 1. The van der Waals surface area contributed by atoms with Crippen LogP contribution in [-0.4, -0.2) is 45.3 Å². The lowest BCUT2D eigenvalue weighted by Gasteiger charge is -2.27. The van der Waals surface area contributed by atoms with E-state index in [1.807, 2.05) is 29.2 Å². The number of fused-ring (bicyclic) bond motifs is 1. The second kappa shape index (κ2) is 6.43. The van der Waals surface area contributed by atoms with Gasteiger partial charge in [0.2, 0.25) is 11.7 Å². The van der Waals surface area contributed by atoms with Crippen molar-refractivity contribution < 1.29 is 14.3 Å². The number of benzene rings is 1. The molecule has 0 radical (unpaired) electrons. The molecule has 2 aromatic rings. The van der Waals surface area contributed by atoms with Gasteiger partial charge in [0, 0.05) is 6.54 Å². The molecule has 8 nitrogen and oxygen atoms in total. The van der Waals surface area contributed by atoms with Gasteiger partial charge in [-0.3, -0.25) is 9.36 Å². The van der Waals surface area contributed by atoms with Gasteiger partial charge in [-0.25, -0.2) is 0 Å². The van der Waals surface area contributed by atoms with Gasteiger partial charge in [-0.1, -0.05) is 6.07 Å². The van der Waals surface area contributed by atoms with Gasteiger partial charge >= 0.3 is 0 Å². The zero-order chi connectivity index (χ0) is 17.2. The van der Waals surface area contributed by atoms with Crippen molar-refractivity contribution in [2.75, 3.05) is 19.8 Å². The Morgan fingerprint density at radius 3 is 3.00 bits per heavy atom. The Balaban J connectivity index is 1.54. The first kappa shape index (κ1) is 15.4. The molecule has 1 atom stereocenters. The van der Waals surface area contributed by atoms with E-state index in [9.17, 15) is 4.79 Å². The lowest BCUT2D eigenvalue weighted by molar-refractivity contribution is -0.132. The molecular weight excluding hydrogens is 322 g/mol. The van der Waals surface area contributed by atoms with E-state index in [4.69, 9.17) is 14.7 Å². The van der Waals surface area contributed by atoms with Gasteiger partial charge in [-0.05, 0) is 30.5 Å². The van der Waals surface area contributed by atoms with Crippen LogP contribution in [0.3, 0.4) is 0 Å². The van der Waals surface area contributed by atoms with Gasteiger partial charge in [0.1, 0.15) is 32.2 Å². The Kier molecular flexibility index (Phi) is 3.98. The van der Waals surface area contributed by atoms with Gasteiger partial charge in [-0.2, -0.15) is 5.26 Å². The smallest absolute Gasteiger partial charge is 0.243 e. The highest BCUT2D eigenvalue weighted by Crippen LogP contribution is 2.38. The topological polar surface area (TPSA) is 93.3 Å². The molecule has 1 aromatic carbocycles. The van der Waals surface area contributed by atoms with Crippen molar-refractivity contribution in [3.05, 3.63) is 35.9 Å². The molecule has 0 spiro atoms. The molecule has 25 heavy (non-hydrogen) atoms. The Labute approximate surface area is 144 Å². The lowest BCUT2D eigenvalue weighted by atomic mass is 10.0. The zero-order valence-electron chi connectivity index (χ0n) is 13.6. The van der Waals surface area contributed by atoms with Crippen LogP contribution in [0.4, 0.5) is 0 Å². The van der Waals surface area contributed by atoms with Crippen LogP contribution >= 0.6 is 0 Å². The fourth-order valence-electron chi connectivity index (χ4n) is 3.37. The molecule has 0 bridgehead atoms. The SMILES string of the molecule is N#Cc1nncn1CC(=O)N1CCCC1c1ccc2c(c1)OCCO2. The number of ether oxygens (including phenoxy) is 2. The van der Waals surface area contributed by atoms with E-state index in [2.05, 4.69) is 10.2 Å². The summed E-state index contributed by atoms with van der Waals surface area (Å²) in [6.45, 7) is 1.85. The number of carbonyl (C=O) groups is 1. The lowest BCUT2D eigenvalue weighted by Crippen LogP contribution is -2.33. The van der Waals surface area contributed by atoms with Crippen molar-refractivity contribution in [1.29, 1.82) is 5.26 Å². The van der Waals surface area contributed by atoms with Gasteiger partial charge < -0.3 is 14.4 Å². The van der Waals surface area contributed by atoms with Gasteiger partial charge in [-0.15, -0.1) is 10.2 Å². The van der Waals surface area contributed by atoms with Crippen LogP contribution in [0.2, 0.25) is 0 Å². The number of aromatic nitrogens is 3.